The van der Waals surface area contributed by atoms with Crippen LogP contribution in [0.2, 0.25) is 0 Å². The molecule has 0 fully saturated rings. The summed E-state index contributed by atoms with van der Waals surface area (Å²) in [6.07, 6.45) is 1.58. The summed E-state index contributed by atoms with van der Waals surface area (Å²) < 4.78 is 18.0. The number of aromatic nitrogens is 1. The number of carboxylic acids is 1. The highest BCUT2D eigenvalue weighted by atomic mass is 32.1. The maximum atomic E-state index is 11.1. The number of fused-ring (bicyclic) bond motifs is 1. The smallest absolute Gasteiger partial charge is 0.304 e. The zero-order valence-electron chi connectivity index (χ0n) is 21.1. The summed E-state index contributed by atoms with van der Waals surface area (Å²) in [5.74, 6) is 5.76. The number of carboxylic acid groups (broad SMARTS) is 1. The molecular formula is C30H29NO5S. The number of thiophene rings is 1. The van der Waals surface area contributed by atoms with Gasteiger partial charge in [0.25, 0.3) is 0 Å². The minimum Gasteiger partial charge on any atom is -0.491 e. The van der Waals surface area contributed by atoms with E-state index in [4.69, 9.17) is 19.3 Å². The fourth-order valence-corrected chi connectivity index (χ4v) is 5.03. The maximum absolute atomic E-state index is 11.1. The van der Waals surface area contributed by atoms with Crippen LogP contribution in [-0.4, -0.2) is 36.4 Å². The van der Waals surface area contributed by atoms with Crippen molar-refractivity contribution in [2.75, 3.05) is 20.3 Å². The summed E-state index contributed by atoms with van der Waals surface area (Å²) in [4.78, 5) is 15.5. The fraction of sp³-hybridized carbons (Fsp3) is 0.267. The van der Waals surface area contributed by atoms with Gasteiger partial charge in [-0.3, -0.25) is 4.79 Å². The van der Waals surface area contributed by atoms with Crippen LogP contribution in [0.15, 0.2) is 60.1 Å². The van der Waals surface area contributed by atoms with Gasteiger partial charge in [0.05, 0.1) is 18.9 Å². The number of aryl methyl sites for hydroxylation is 1. The molecule has 0 spiro atoms. The number of nitrogens with zero attached hydrogens (tertiary/aromatic N) is 1. The number of hydrogen-bond acceptors (Lipinski definition) is 6. The van der Waals surface area contributed by atoms with Crippen molar-refractivity contribution in [1.29, 1.82) is 0 Å². The molecule has 0 aliphatic heterocycles. The Hall–Kier alpha value is -3.86. The van der Waals surface area contributed by atoms with Gasteiger partial charge < -0.3 is 19.3 Å². The average molecular weight is 516 g/mol. The predicted molar refractivity (Wildman–Crippen MR) is 146 cm³/mol. The van der Waals surface area contributed by atoms with Gasteiger partial charge >= 0.3 is 5.97 Å². The molecule has 0 radical (unpaired) electrons. The molecule has 0 bridgehead atoms. The van der Waals surface area contributed by atoms with Gasteiger partial charge in [0.2, 0.25) is 5.88 Å². The topological polar surface area (TPSA) is 77.9 Å². The van der Waals surface area contributed by atoms with Gasteiger partial charge in [-0.25, -0.2) is 4.98 Å². The van der Waals surface area contributed by atoms with Gasteiger partial charge in [0.15, 0.2) is 0 Å². The van der Waals surface area contributed by atoms with Gasteiger partial charge in [0.1, 0.15) is 19.0 Å². The summed E-state index contributed by atoms with van der Waals surface area (Å²) in [5.41, 5.74) is 5.31. The highest BCUT2D eigenvalue weighted by molar-refractivity contribution is 7.17. The molecule has 2 heterocycles. The lowest BCUT2D eigenvalue weighted by atomic mass is 9.98. The molecule has 4 rings (SSSR count). The van der Waals surface area contributed by atoms with E-state index >= 15 is 0 Å². The number of pyridine rings is 1. The maximum Gasteiger partial charge on any atom is 0.304 e. The molecule has 7 heteroatoms. The predicted octanol–water partition coefficient (Wildman–Crippen LogP) is 6.46. The first-order chi connectivity index (χ1) is 18.0. The quantitative estimate of drug-likeness (QED) is 0.183. The molecule has 6 nitrogen and oxygen atoms in total. The van der Waals surface area contributed by atoms with E-state index in [9.17, 15) is 4.79 Å². The molecule has 37 heavy (non-hydrogen) atoms. The van der Waals surface area contributed by atoms with Crippen molar-refractivity contribution in [2.45, 2.75) is 32.8 Å². The Kier molecular flexibility index (Phi) is 8.78. The lowest BCUT2D eigenvalue weighted by Gasteiger charge is -2.11. The highest BCUT2D eigenvalue weighted by Crippen LogP contribution is 2.37. The van der Waals surface area contributed by atoms with Crippen LogP contribution in [0.25, 0.3) is 21.2 Å². The SMILES string of the molecule is CC#C[C@H](CC(=O)O)c1ccc(OCc2ccc3scc(-c4ccc(OCCOC)cc4C)c3c2)nc1. The van der Waals surface area contributed by atoms with Crippen LogP contribution in [0.1, 0.15) is 36.0 Å². The van der Waals surface area contributed by atoms with Crippen molar-refractivity contribution in [3.05, 3.63) is 76.8 Å². The minimum atomic E-state index is -0.891. The summed E-state index contributed by atoms with van der Waals surface area (Å²) in [6, 6.07) is 16.1. The normalized spacial score (nSPS) is 11.5. The van der Waals surface area contributed by atoms with Crippen LogP contribution in [-0.2, 0) is 16.1 Å². The van der Waals surface area contributed by atoms with Crippen molar-refractivity contribution in [2.24, 2.45) is 0 Å². The van der Waals surface area contributed by atoms with Crippen molar-refractivity contribution in [1.82, 2.24) is 4.98 Å². The molecule has 4 aromatic rings. The largest absolute Gasteiger partial charge is 0.491 e. The summed E-state index contributed by atoms with van der Waals surface area (Å²) in [7, 11) is 1.66. The first kappa shape index (κ1) is 26.2. The minimum absolute atomic E-state index is 0.0608. The molecular weight excluding hydrogens is 486 g/mol. The average Bonchev–Trinajstić information content (AvgIpc) is 3.30. The lowest BCUT2D eigenvalue weighted by molar-refractivity contribution is -0.137. The second kappa shape index (κ2) is 12.4. The monoisotopic (exact) mass is 515 g/mol. The molecule has 0 amide bonds. The Morgan fingerprint density at radius 2 is 1.95 bits per heavy atom. The molecule has 0 unspecified atom stereocenters. The van der Waals surface area contributed by atoms with Crippen LogP contribution >= 0.6 is 11.3 Å². The molecule has 2 aromatic heterocycles. The molecule has 1 N–H and O–H groups in total. The number of carbonyl (C=O) groups is 1. The van der Waals surface area contributed by atoms with E-state index in [2.05, 4.69) is 59.5 Å². The summed E-state index contributed by atoms with van der Waals surface area (Å²) in [5, 5.41) is 12.5. The van der Waals surface area contributed by atoms with E-state index in [1.165, 1.54) is 21.2 Å². The van der Waals surface area contributed by atoms with E-state index in [1.54, 1.807) is 37.6 Å². The zero-order chi connectivity index (χ0) is 26.2. The Morgan fingerprint density at radius 3 is 2.65 bits per heavy atom. The van der Waals surface area contributed by atoms with Gasteiger partial charge in [0, 0.05) is 35.0 Å². The highest BCUT2D eigenvalue weighted by Gasteiger charge is 2.14. The Bertz CT molecular complexity index is 1430. The third kappa shape index (κ3) is 6.67. The van der Waals surface area contributed by atoms with E-state index in [-0.39, 0.29) is 6.42 Å². The van der Waals surface area contributed by atoms with Crippen LogP contribution in [0.3, 0.4) is 0 Å². The van der Waals surface area contributed by atoms with Gasteiger partial charge in [-0.2, -0.15) is 0 Å². The lowest BCUT2D eigenvalue weighted by Crippen LogP contribution is -2.05. The number of methoxy groups -OCH3 is 1. The standard InChI is InChI=1S/C30H29NO5S/c1-4-5-22(16-30(32)33)23-7-11-29(31-17-23)36-18-21-6-10-28-26(15-21)27(19-37-28)25-9-8-24(14-20(25)2)35-13-12-34-3/h6-11,14-15,17,19,22H,12-13,16,18H2,1-3H3,(H,32,33)/t22-/m1/s1. The van der Waals surface area contributed by atoms with E-state index in [0.29, 0.717) is 25.7 Å². The number of rotatable bonds is 11. The van der Waals surface area contributed by atoms with E-state index in [0.717, 1.165) is 22.4 Å². The van der Waals surface area contributed by atoms with Crippen LogP contribution in [0.4, 0.5) is 0 Å². The summed E-state index contributed by atoms with van der Waals surface area (Å²) >= 11 is 1.72. The molecule has 2 aromatic carbocycles. The first-order valence-corrected chi connectivity index (χ1v) is 12.8. The van der Waals surface area contributed by atoms with Crippen molar-refractivity contribution < 1.29 is 24.1 Å². The molecule has 1 atom stereocenters. The Balaban J connectivity index is 1.48. The molecule has 0 aliphatic carbocycles. The number of ether oxygens (including phenoxy) is 3. The van der Waals surface area contributed by atoms with Crippen molar-refractivity contribution >= 4 is 27.4 Å². The van der Waals surface area contributed by atoms with Crippen LogP contribution in [0, 0.1) is 18.8 Å². The third-order valence-corrected chi connectivity index (χ3v) is 6.89. The van der Waals surface area contributed by atoms with Crippen molar-refractivity contribution in [3.8, 4) is 34.6 Å². The van der Waals surface area contributed by atoms with E-state index < -0.39 is 11.9 Å². The number of hydrogen-bond donors (Lipinski definition) is 1. The van der Waals surface area contributed by atoms with Gasteiger partial charge in [-0.1, -0.05) is 24.1 Å². The van der Waals surface area contributed by atoms with Gasteiger partial charge in [-0.15, -0.1) is 17.3 Å². The Morgan fingerprint density at radius 1 is 1.08 bits per heavy atom. The molecule has 190 valence electrons. The van der Waals surface area contributed by atoms with Crippen molar-refractivity contribution in [3.63, 3.8) is 0 Å². The molecule has 0 saturated heterocycles. The Labute approximate surface area is 220 Å². The van der Waals surface area contributed by atoms with Gasteiger partial charge in [-0.05, 0) is 65.7 Å². The molecule has 0 saturated carbocycles. The third-order valence-electron chi connectivity index (χ3n) is 5.93. The van der Waals surface area contributed by atoms with Crippen LogP contribution in [0.5, 0.6) is 11.6 Å². The number of aliphatic carboxylic acids is 1. The van der Waals surface area contributed by atoms with E-state index in [1.807, 2.05) is 12.1 Å². The fourth-order valence-electron chi connectivity index (χ4n) is 4.09. The number of benzene rings is 2. The zero-order valence-corrected chi connectivity index (χ0v) is 21.9. The second-order valence-electron chi connectivity index (χ2n) is 8.56. The molecule has 0 aliphatic rings. The second-order valence-corrected chi connectivity index (χ2v) is 9.47. The summed E-state index contributed by atoms with van der Waals surface area (Å²) in [6.45, 7) is 5.24. The van der Waals surface area contributed by atoms with Crippen LogP contribution < -0.4 is 9.47 Å². The first-order valence-electron chi connectivity index (χ1n) is 11.9.